The molecule has 2 rings (SSSR count). The SMILES string of the molecule is Cc1cc(NCC(O)c2c(Cl)cccc2Cl)ccn1. The third kappa shape index (κ3) is 3.60. The summed E-state index contributed by atoms with van der Waals surface area (Å²) in [6.45, 7) is 2.24. The Bertz CT molecular complexity index is 555. The Labute approximate surface area is 122 Å². The van der Waals surface area contributed by atoms with Crippen molar-refractivity contribution in [2.24, 2.45) is 0 Å². The van der Waals surface area contributed by atoms with Gasteiger partial charge in [-0.25, -0.2) is 0 Å². The van der Waals surface area contributed by atoms with Crippen LogP contribution >= 0.6 is 23.2 Å². The number of hydrogen-bond donors (Lipinski definition) is 2. The number of benzene rings is 1. The molecule has 1 aromatic heterocycles. The van der Waals surface area contributed by atoms with Crippen molar-refractivity contribution in [2.75, 3.05) is 11.9 Å². The summed E-state index contributed by atoms with van der Waals surface area (Å²) >= 11 is 12.1. The van der Waals surface area contributed by atoms with Gasteiger partial charge in [-0.15, -0.1) is 0 Å². The van der Waals surface area contributed by atoms with Crippen LogP contribution in [0.3, 0.4) is 0 Å². The summed E-state index contributed by atoms with van der Waals surface area (Å²) < 4.78 is 0. The van der Waals surface area contributed by atoms with E-state index in [1.165, 1.54) is 0 Å². The van der Waals surface area contributed by atoms with E-state index in [0.717, 1.165) is 11.4 Å². The van der Waals surface area contributed by atoms with Crippen molar-refractivity contribution in [3.8, 4) is 0 Å². The van der Waals surface area contributed by atoms with Crippen molar-refractivity contribution in [1.29, 1.82) is 0 Å². The van der Waals surface area contributed by atoms with Gasteiger partial charge >= 0.3 is 0 Å². The molecule has 0 spiro atoms. The van der Waals surface area contributed by atoms with E-state index in [1.54, 1.807) is 24.4 Å². The van der Waals surface area contributed by atoms with Gasteiger partial charge in [0, 0.05) is 39.7 Å². The topological polar surface area (TPSA) is 45.1 Å². The van der Waals surface area contributed by atoms with Gasteiger partial charge in [-0.1, -0.05) is 29.3 Å². The standard InChI is InChI=1S/C14H14Cl2N2O/c1-9-7-10(5-6-17-9)18-8-13(19)14-11(15)3-2-4-12(14)16/h2-7,13,19H,8H2,1H3,(H,17,18). The van der Waals surface area contributed by atoms with Crippen LogP contribution < -0.4 is 5.32 Å². The highest BCUT2D eigenvalue weighted by Gasteiger charge is 2.15. The number of nitrogens with one attached hydrogen (secondary N) is 1. The highest BCUT2D eigenvalue weighted by Crippen LogP contribution is 2.30. The fourth-order valence-electron chi connectivity index (χ4n) is 1.80. The highest BCUT2D eigenvalue weighted by atomic mass is 35.5. The molecule has 1 unspecified atom stereocenters. The smallest absolute Gasteiger partial charge is 0.0991 e. The zero-order valence-electron chi connectivity index (χ0n) is 10.4. The van der Waals surface area contributed by atoms with Crippen LogP contribution in [0.15, 0.2) is 36.5 Å². The lowest BCUT2D eigenvalue weighted by Gasteiger charge is -2.16. The molecule has 1 aromatic carbocycles. The molecule has 2 N–H and O–H groups in total. The molecule has 5 heteroatoms. The second kappa shape index (κ2) is 6.24. The fourth-order valence-corrected chi connectivity index (χ4v) is 2.45. The molecule has 0 aliphatic carbocycles. The highest BCUT2D eigenvalue weighted by molar-refractivity contribution is 6.36. The number of aliphatic hydroxyl groups is 1. The first kappa shape index (κ1) is 14.1. The number of aryl methyl sites for hydroxylation is 1. The van der Waals surface area contributed by atoms with Crippen LogP contribution in [0.25, 0.3) is 0 Å². The van der Waals surface area contributed by atoms with Crippen molar-refractivity contribution < 1.29 is 5.11 Å². The second-order valence-electron chi connectivity index (χ2n) is 4.22. The summed E-state index contributed by atoms with van der Waals surface area (Å²) in [5.74, 6) is 0. The summed E-state index contributed by atoms with van der Waals surface area (Å²) in [6, 6.07) is 8.92. The van der Waals surface area contributed by atoms with Gasteiger partial charge in [0.25, 0.3) is 0 Å². The summed E-state index contributed by atoms with van der Waals surface area (Å²) in [4.78, 5) is 4.11. The van der Waals surface area contributed by atoms with E-state index in [-0.39, 0.29) is 0 Å². The first-order chi connectivity index (χ1) is 9.08. The van der Waals surface area contributed by atoms with Crippen LogP contribution in [0.5, 0.6) is 0 Å². The van der Waals surface area contributed by atoms with Gasteiger partial charge < -0.3 is 10.4 Å². The Kier molecular flexibility index (Phi) is 4.64. The van der Waals surface area contributed by atoms with Gasteiger partial charge in [-0.3, -0.25) is 4.98 Å². The molecule has 0 fully saturated rings. The lowest BCUT2D eigenvalue weighted by Crippen LogP contribution is -2.13. The number of nitrogens with zero attached hydrogens (tertiary/aromatic N) is 1. The first-order valence-corrected chi connectivity index (χ1v) is 6.62. The number of halogens is 2. The number of aliphatic hydroxyl groups excluding tert-OH is 1. The Morgan fingerprint density at radius 3 is 2.58 bits per heavy atom. The number of rotatable bonds is 4. The van der Waals surface area contributed by atoms with Crippen molar-refractivity contribution in [3.63, 3.8) is 0 Å². The fraction of sp³-hybridized carbons (Fsp3) is 0.214. The van der Waals surface area contributed by atoms with E-state index >= 15 is 0 Å². The molecule has 19 heavy (non-hydrogen) atoms. The monoisotopic (exact) mass is 296 g/mol. The predicted molar refractivity (Wildman–Crippen MR) is 78.9 cm³/mol. The summed E-state index contributed by atoms with van der Waals surface area (Å²) in [5.41, 5.74) is 2.36. The average molecular weight is 297 g/mol. The zero-order chi connectivity index (χ0) is 13.8. The van der Waals surface area contributed by atoms with Gasteiger partial charge in [-0.05, 0) is 31.2 Å². The van der Waals surface area contributed by atoms with Crippen molar-refractivity contribution in [2.45, 2.75) is 13.0 Å². The van der Waals surface area contributed by atoms with Crippen LogP contribution in [0.4, 0.5) is 5.69 Å². The maximum atomic E-state index is 10.2. The van der Waals surface area contributed by atoms with Crippen LogP contribution in [0.2, 0.25) is 10.0 Å². The molecule has 3 nitrogen and oxygen atoms in total. The third-order valence-electron chi connectivity index (χ3n) is 2.73. The maximum absolute atomic E-state index is 10.2. The summed E-state index contributed by atoms with van der Waals surface area (Å²) in [5, 5.41) is 14.2. The largest absolute Gasteiger partial charge is 0.386 e. The van der Waals surface area contributed by atoms with Gasteiger partial charge in [0.2, 0.25) is 0 Å². The van der Waals surface area contributed by atoms with Crippen LogP contribution in [0, 0.1) is 6.92 Å². The molecule has 0 saturated carbocycles. The molecule has 1 heterocycles. The molecule has 0 aliphatic rings. The summed E-state index contributed by atoms with van der Waals surface area (Å²) in [6.07, 6.45) is 0.946. The molecule has 100 valence electrons. The zero-order valence-corrected chi connectivity index (χ0v) is 11.9. The van der Waals surface area contributed by atoms with E-state index in [9.17, 15) is 5.11 Å². The van der Waals surface area contributed by atoms with Gasteiger partial charge in [-0.2, -0.15) is 0 Å². The Hall–Kier alpha value is -1.29. The minimum Gasteiger partial charge on any atom is -0.386 e. The van der Waals surface area contributed by atoms with Crippen molar-refractivity contribution in [1.82, 2.24) is 4.98 Å². The number of aromatic nitrogens is 1. The normalized spacial score (nSPS) is 12.2. The number of pyridine rings is 1. The van der Waals surface area contributed by atoms with Crippen LogP contribution in [-0.2, 0) is 0 Å². The molecule has 0 radical (unpaired) electrons. The van der Waals surface area contributed by atoms with Crippen molar-refractivity contribution >= 4 is 28.9 Å². The molecule has 2 aromatic rings. The Morgan fingerprint density at radius 2 is 1.95 bits per heavy atom. The van der Waals surface area contributed by atoms with Gasteiger partial charge in [0.15, 0.2) is 0 Å². The number of hydrogen-bond acceptors (Lipinski definition) is 3. The van der Waals surface area contributed by atoms with E-state index in [4.69, 9.17) is 23.2 Å². The minimum atomic E-state index is -0.769. The molecule has 0 aliphatic heterocycles. The average Bonchev–Trinajstić information content (AvgIpc) is 2.36. The first-order valence-electron chi connectivity index (χ1n) is 5.86. The van der Waals surface area contributed by atoms with E-state index in [0.29, 0.717) is 22.2 Å². The van der Waals surface area contributed by atoms with E-state index < -0.39 is 6.10 Å². The summed E-state index contributed by atoms with van der Waals surface area (Å²) in [7, 11) is 0. The molecule has 0 amide bonds. The van der Waals surface area contributed by atoms with E-state index in [1.807, 2.05) is 19.1 Å². The second-order valence-corrected chi connectivity index (χ2v) is 5.03. The number of anilines is 1. The third-order valence-corrected chi connectivity index (χ3v) is 3.39. The Balaban J connectivity index is 2.07. The predicted octanol–water partition coefficient (Wildman–Crippen LogP) is 3.84. The molecule has 1 atom stereocenters. The lowest BCUT2D eigenvalue weighted by atomic mass is 10.1. The molecule has 0 saturated heterocycles. The Morgan fingerprint density at radius 1 is 1.26 bits per heavy atom. The van der Waals surface area contributed by atoms with Gasteiger partial charge in [0.1, 0.15) is 0 Å². The maximum Gasteiger partial charge on any atom is 0.0991 e. The van der Waals surface area contributed by atoms with Gasteiger partial charge in [0.05, 0.1) is 6.10 Å². The minimum absolute atomic E-state index is 0.326. The van der Waals surface area contributed by atoms with E-state index in [2.05, 4.69) is 10.3 Å². The lowest BCUT2D eigenvalue weighted by molar-refractivity contribution is 0.192. The molecule has 0 bridgehead atoms. The molecular weight excluding hydrogens is 283 g/mol. The van der Waals surface area contributed by atoms with Crippen molar-refractivity contribution in [3.05, 3.63) is 57.8 Å². The molecular formula is C14H14Cl2N2O. The van der Waals surface area contributed by atoms with Crippen LogP contribution in [0.1, 0.15) is 17.4 Å². The quantitative estimate of drug-likeness (QED) is 0.901. The van der Waals surface area contributed by atoms with Crippen LogP contribution in [-0.4, -0.2) is 16.6 Å².